The van der Waals surface area contributed by atoms with Gasteiger partial charge in [0.2, 0.25) is 0 Å². The molecule has 0 radical (unpaired) electrons. The quantitative estimate of drug-likeness (QED) is 0.277. The van der Waals surface area contributed by atoms with Crippen molar-refractivity contribution in [2.75, 3.05) is 33.1 Å². The smallest absolute Gasteiger partial charge is 0.493 e. The van der Waals surface area contributed by atoms with Gasteiger partial charge in [-0.15, -0.1) is 9.60 Å². The lowest BCUT2D eigenvalue weighted by Crippen LogP contribution is -2.53. The number of urea groups is 1. The summed E-state index contributed by atoms with van der Waals surface area (Å²) in [6, 6.07) is 6.49. The number of azo groups is 2. The number of nitrogens with one attached hydrogen (secondary N) is 1. The Morgan fingerprint density at radius 3 is 2.51 bits per heavy atom. The molecule has 1 atom stereocenters. The van der Waals surface area contributed by atoms with Gasteiger partial charge in [-0.25, -0.2) is 9.18 Å². The van der Waals surface area contributed by atoms with Crippen LogP contribution in [0, 0.1) is 17.7 Å². The van der Waals surface area contributed by atoms with Crippen molar-refractivity contribution in [3.05, 3.63) is 48.4 Å². The molecule has 0 saturated carbocycles. The summed E-state index contributed by atoms with van der Waals surface area (Å²) in [7, 11) is 4.33. The summed E-state index contributed by atoms with van der Waals surface area (Å²) in [5.74, 6) is 4.20. The largest absolute Gasteiger partial charge is 0.521 e. The fraction of sp³-hybridized carbons (Fsp3) is 0.259. The third kappa shape index (κ3) is 5.62. The first-order valence-corrected chi connectivity index (χ1v) is 11.8. The van der Waals surface area contributed by atoms with Crippen molar-refractivity contribution in [1.82, 2.24) is 9.88 Å². The van der Waals surface area contributed by atoms with Crippen molar-refractivity contribution < 1.29 is 37.7 Å². The molecular weight excluding hydrogens is 509 g/mol. The molecule has 0 saturated heterocycles. The lowest BCUT2D eigenvalue weighted by Gasteiger charge is -2.19. The van der Waals surface area contributed by atoms with E-state index in [0.717, 1.165) is 15.7 Å². The second kappa shape index (κ2) is 11.6. The third-order valence-corrected chi connectivity index (χ3v) is 5.71. The van der Waals surface area contributed by atoms with E-state index in [2.05, 4.69) is 27.3 Å². The highest BCUT2D eigenvalue weighted by Crippen LogP contribution is 2.37. The number of halogens is 1. The number of methoxy groups -OCH3 is 2. The molecular formula is C27H25FN5O6+. The molecule has 0 aliphatic carbocycles. The van der Waals surface area contributed by atoms with Crippen LogP contribution in [0.5, 0.6) is 23.0 Å². The van der Waals surface area contributed by atoms with E-state index in [-0.39, 0.29) is 18.0 Å². The number of benzene rings is 2. The average molecular weight is 535 g/mol. The number of ether oxygens (including phenoxy) is 3. The van der Waals surface area contributed by atoms with Crippen LogP contribution in [-0.2, 0) is 9.59 Å². The van der Waals surface area contributed by atoms with Crippen LogP contribution in [0.2, 0.25) is 0 Å². The lowest BCUT2D eigenvalue weighted by atomic mass is 10.1. The first kappa shape index (κ1) is 27.0. The molecule has 0 bridgehead atoms. The van der Waals surface area contributed by atoms with Gasteiger partial charge < -0.3 is 19.5 Å². The number of hydrogen-bond donors (Lipinski definition) is 1. The number of rotatable bonds is 7. The van der Waals surface area contributed by atoms with Gasteiger partial charge in [0.25, 0.3) is 11.9 Å². The van der Waals surface area contributed by atoms with Crippen LogP contribution in [-0.4, -0.2) is 66.3 Å². The number of amides is 4. The molecule has 0 spiro atoms. The number of imide groups is 1. The molecule has 11 nitrogen and oxygen atoms in total. The van der Waals surface area contributed by atoms with Crippen LogP contribution in [0.1, 0.15) is 13.3 Å². The summed E-state index contributed by atoms with van der Waals surface area (Å²) in [6.07, 6.45) is 2.06. The Hall–Kier alpha value is -5.05. The first-order chi connectivity index (χ1) is 18.8. The summed E-state index contributed by atoms with van der Waals surface area (Å²) in [5, 5.41) is 6.89. The Kier molecular flexibility index (Phi) is 8.00. The zero-order valence-corrected chi connectivity index (χ0v) is 21.6. The molecule has 3 aromatic rings. The number of hydrogen-bond acceptors (Lipinski definition) is 8. The number of anilines is 1. The molecule has 1 aliphatic rings. The van der Waals surface area contributed by atoms with Gasteiger partial charge in [0.1, 0.15) is 12.8 Å². The van der Waals surface area contributed by atoms with Gasteiger partial charge in [0.05, 0.1) is 19.7 Å². The number of carbonyl (C=O) groups excluding carboxylic acids is 3. The van der Waals surface area contributed by atoms with E-state index in [1.165, 1.54) is 39.6 Å². The van der Waals surface area contributed by atoms with Crippen LogP contribution < -0.4 is 19.5 Å². The molecule has 0 fully saturated rings. The number of fused-ring (bicyclic) bond motifs is 1. The van der Waals surface area contributed by atoms with E-state index in [9.17, 15) is 14.4 Å². The van der Waals surface area contributed by atoms with Crippen LogP contribution in [0.3, 0.4) is 0 Å². The molecule has 1 aromatic heterocycles. The van der Waals surface area contributed by atoms with E-state index in [0.29, 0.717) is 34.6 Å². The highest BCUT2D eigenvalue weighted by molar-refractivity contribution is 6.13. The zero-order chi connectivity index (χ0) is 28.1. The van der Waals surface area contributed by atoms with Crippen molar-refractivity contribution in [3.63, 3.8) is 0 Å². The Labute approximate surface area is 223 Å². The molecule has 1 unspecified atom stereocenters. The van der Waals surface area contributed by atoms with Crippen molar-refractivity contribution in [2.24, 2.45) is 5.11 Å². The highest BCUT2D eigenvalue weighted by Gasteiger charge is 2.46. The van der Waals surface area contributed by atoms with Gasteiger partial charge in [-0.1, -0.05) is 23.9 Å². The summed E-state index contributed by atoms with van der Waals surface area (Å²) in [6.45, 7) is 1.66. The normalized spacial score (nSPS) is 14.8. The Balaban J connectivity index is 1.53. The summed E-state index contributed by atoms with van der Waals surface area (Å²) in [4.78, 5) is 43.0. The number of nitrogens with zero attached hydrogens (tertiary/aromatic N) is 4. The second-order valence-corrected chi connectivity index (χ2v) is 8.23. The van der Waals surface area contributed by atoms with Crippen molar-refractivity contribution in [2.45, 2.75) is 19.4 Å². The van der Waals surface area contributed by atoms with Crippen LogP contribution in [0.4, 0.5) is 14.9 Å². The number of pyridine rings is 1. The highest BCUT2D eigenvalue weighted by atomic mass is 19.1. The van der Waals surface area contributed by atoms with Crippen LogP contribution >= 0.6 is 0 Å². The molecule has 200 valence electrons. The number of carbonyl (C=O) groups is 3. The fourth-order valence-electron chi connectivity index (χ4n) is 3.79. The second-order valence-electron chi connectivity index (χ2n) is 8.23. The summed E-state index contributed by atoms with van der Waals surface area (Å²) >= 11 is 0. The van der Waals surface area contributed by atoms with E-state index < -0.39 is 29.7 Å². The summed E-state index contributed by atoms with van der Waals surface area (Å²) < 4.78 is 32.4. The topological polar surface area (TPSA) is 122 Å². The predicted molar refractivity (Wildman–Crippen MR) is 138 cm³/mol. The average Bonchev–Trinajstić information content (AvgIpc) is 2.93. The van der Waals surface area contributed by atoms with E-state index in [1.54, 1.807) is 18.2 Å². The molecule has 4 amide bonds. The van der Waals surface area contributed by atoms with Gasteiger partial charge in [-0.05, 0) is 24.3 Å². The van der Waals surface area contributed by atoms with Crippen LogP contribution in [0.15, 0.2) is 47.7 Å². The molecule has 2 heterocycles. The van der Waals surface area contributed by atoms with Gasteiger partial charge in [0.15, 0.2) is 29.6 Å². The van der Waals surface area contributed by atoms with Crippen molar-refractivity contribution in [3.8, 4) is 34.8 Å². The lowest BCUT2D eigenvalue weighted by molar-refractivity contribution is -0.481. The van der Waals surface area contributed by atoms with Crippen molar-refractivity contribution in [1.29, 1.82) is 0 Å². The predicted octanol–water partition coefficient (Wildman–Crippen LogP) is 3.96. The van der Waals surface area contributed by atoms with Gasteiger partial charge in [-0.2, -0.15) is 4.79 Å². The van der Waals surface area contributed by atoms with E-state index in [4.69, 9.17) is 14.2 Å². The Bertz CT molecular complexity index is 1560. The van der Waals surface area contributed by atoms with Gasteiger partial charge in [0, 0.05) is 35.8 Å². The minimum absolute atomic E-state index is 0.0655. The fourth-order valence-corrected chi connectivity index (χ4v) is 3.79. The Morgan fingerprint density at radius 2 is 1.82 bits per heavy atom. The molecule has 2 aromatic carbocycles. The standard InChI is InChI=1S/C27H24FN5O6/c1-5-6-7-12-33-26(35)24(31-32(2)27(33)36)25(34)30-16-8-9-21(18(28)13-16)39-20-10-11-29-19-15-23(38-4)22(37-3)14-17(19)20/h8-11,13-15,24H,5,12H2,1-4H3/p+1. The maximum Gasteiger partial charge on any atom is 0.521 e. The van der Waals surface area contributed by atoms with Crippen LogP contribution in [0.25, 0.3) is 10.9 Å². The van der Waals surface area contributed by atoms with E-state index in [1.807, 2.05) is 6.92 Å². The minimum atomic E-state index is -1.54. The zero-order valence-electron chi connectivity index (χ0n) is 21.6. The molecule has 1 aliphatic heterocycles. The van der Waals surface area contributed by atoms with Crippen molar-refractivity contribution >= 4 is 34.4 Å². The molecule has 4 rings (SSSR count). The van der Waals surface area contributed by atoms with Gasteiger partial charge in [-0.3, -0.25) is 9.78 Å². The summed E-state index contributed by atoms with van der Waals surface area (Å²) in [5.41, 5.74) is 0.615. The SMILES string of the molecule is CCC#CCN1C(=O)C(C(=O)Nc2ccc(Oc3ccnc4cc(OC)c(OC)cc34)c(F)c2)N=[N+](C)C1=O. The first-order valence-electron chi connectivity index (χ1n) is 11.8. The Morgan fingerprint density at radius 1 is 1.08 bits per heavy atom. The molecule has 39 heavy (non-hydrogen) atoms. The third-order valence-electron chi connectivity index (χ3n) is 5.71. The molecule has 12 heteroatoms. The maximum absolute atomic E-state index is 15.0. The molecule has 1 N–H and O–H groups in total. The minimum Gasteiger partial charge on any atom is -0.493 e. The van der Waals surface area contributed by atoms with E-state index >= 15 is 4.39 Å². The number of aromatic nitrogens is 1. The maximum atomic E-state index is 15.0. The van der Waals surface area contributed by atoms with Gasteiger partial charge >= 0.3 is 11.9 Å². The monoisotopic (exact) mass is 534 g/mol.